The molecule has 1 unspecified atom stereocenters. The maximum absolute atomic E-state index is 13.0. The fraction of sp³-hybridized carbons (Fsp3) is 0.500. The smallest absolute Gasteiger partial charge is 0.307 e. The summed E-state index contributed by atoms with van der Waals surface area (Å²) in [6.45, 7) is 0.804. The molecule has 21 heavy (non-hydrogen) atoms. The summed E-state index contributed by atoms with van der Waals surface area (Å²) in [5, 5.41) is -1.25. The summed E-state index contributed by atoms with van der Waals surface area (Å²) in [5.74, 6) is -0.359. The van der Waals surface area contributed by atoms with Crippen molar-refractivity contribution in [2.24, 2.45) is 0 Å². The lowest BCUT2D eigenvalue weighted by atomic mass is 10.1. The van der Waals surface area contributed by atoms with E-state index in [4.69, 9.17) is 0 Å². The second kappa shape index (κ2) is 6.11. The van der Waals surface area contributed by atoms with Crippen molar-refractivity contribution >= 4 is 21.8 Å². The number of carbonyl (C=O) groups excluding carboxylic acids is 1. The molecule has 1 aliphatic heterocycles. The first-order valence-corrected chi connectivity index (χ1v) is 8.19. The van der Waals surface area contributed by atoms with Gasteiger partial charge in [-0.1, -0.05) is 12.1 Å². The molecule has 1 amide bonds. The SMILES string of the molecule is CN(C)CCc1ccc(N2CC(S(=O)(=O)F)CC2=O)cc1. The van der Waals surface area contributed by atoms with Gasteiger partial charge in [-0.25, -0.2) is 0 Å². The number of amides is 1. The van der Waals surface area contributed by atoms with Crippen LogP contribution < -0.4 is 4.90 Å². The van der Waals surface area contributed by atoms with Gasteiger partial charge in [0, 0.05) is 25.2 Å². The van der Waals surface area contributed by atoms with E-state index < -0.39 is 15.5 Å². The van der Waals surface area contributed by atoms with E-state index in [0.717, 1.165) is 18.5 Å². The Morgan fingerprint density at radius 3 is 2.38 bits per heavy atom. The number of rotatable bonds is 5. The van der Waals surface area contributed by atoms with Crippen molar-refractivity contribution in [1.29, 1.82) is 0 Å². The first kappa shape index (κ1) is 15.9. The van der Waals surface area contributed by atoms with Crippen LogP contribution in [0.5, 0.6) is 0 Å². The third-order valence-corrected chi connectivity index (χ3v) is 4.70. The van der Waals surface area contributed by atoms with E-state index in [9.17, 15) is 17.1 Å². The van der Waals surface area contributed by atoms with E-state index >= 15 is 0 Å². The maximum atomic E-state index is 13.0. The van der Waals surface area contributed by atoms with Crippen LogP contribution in [0.15, 0.2) is 24.3 Å². The quantitative estimate of drug-likeness (QED) is 0.766. The van der Waals surface area contributed by atoms with Crippen molar-refractivity contribution in [2.75, 3.05) is 32.1 Å². The minimum atomic E-state index is -4.67. The van der Waals surface area contributed by atoms with Gasteiger partial charge in [-0.2, -0.15) is 8.42 Å². The standard InChI is InChI=1S/C14H19FN2O3S/c1-16(2)8-7-11-3-5-12(6-4-11)17-10-13(9-14(17)18)21(15,19)20/h3-6,13H,7-10H2,1-2H3. The molecule has 1 heterocycles. The van der Waals surface area contributed by atoms with Gasteiger partial charge in [-0.15, -0.1) is 3.89 Å². The first-order valence-electron chi connectivity index (χ1n) is 6.75. The van der Waals surface area contributed by atoms with E-state index in [1.54, 1.807) is 12.1 Å². The van der Waals surface area contributed by atoms with E-state index in [1.165, 1.54) is 4.90 Å². The van der Waals surface area contributed by atoms with Crippen LogP contribution in [0.3, 0.4) is 0 Å². The summed E-state index contributed by atoms with van der Waals surface area (Å²) >= 11 is 0. The second-order valence-electron chi connectivity index (χ2n) is 5.53. The number of likely N-dealkylation sites (N-methyl/N-ethyl adjacent to an activating group) is 1. The van der Waals surface area contributed by atoms with E-state index in [1.807, 2.05) is 26.2 Å². The van der Waals surface area contributed by atoms with Crippen LogP contribution >= 0.6 is 0 Å². The zero-order chi connectivity index (χ0) is 15.6. The predicted molar refractivity (Wildman–Crippen MR) is 79.5 cm³/mol. The fourth-order valence-corrected chi connectivity index (χ4v) is 2.98. The molecule has 0 radical (unpaired) electrons. The van der Waals surface area contributed by atoms with Gasteiger partial charge in [-0.3, -0.25) is 4.79 Å². The van der Waals surface area contributed by atoms with Crippen LogP contribution in [0.4, 0.5) is 9.57 Å². The van der Waals surface area contributed by atoms with Crippen molar-refractivity contribution in [3.8, 4) is 0 Å². The monoisotopic (exact) mass is 314 g/mol. The number of nitrogens with zero attached hydrogens (tertiary/aromatic N) is 2. The van der Waals surface area contributed by atoms with Crippen molar-refractivity contribution in [1.82, 2.24) is 4.90 Å². The third-order valence-electron chi connectivity index (χ3n) is 3.58. The average Bonchev–Trinajstić information content (AvgIpc) is 2.79. The Kier molecular flexibility index (Phi) is 4.63. The first-order chi connectivity index (χ1) is 9.77. The van der Waals surface area contributed by atoms with Crippen molar-refractivity contribution < 1.29 is 17.1 Å². The minimum Gasteiger partial charge on any atom is -0.311 e. The van der Waals surface area contributed by atoms with E-state index in [2.05, 4.69) is 4.90 Å². The third kappa shape index (κ3) is 4.01. The molecule has 1 aromatic carbocycles. The summed E-state index contributed by atoms with van der Waals surface area (Å²) < 4.78 is 34.8. The number of halogens is 1. The lowest BCUT2D eigenvalue weighted by Crippen LogP contribution is -2.26. The highest BCUT2D eigenvalue weighted by atomic mass is 32.3. The van der Waals surface area contributed by atoms with Crippen molar-refractivity contribution in [2.45, 2.75) is 18.1 Å². The van der Waals surface area contributed by atoms with Gasteiger partial charge in [-0.05, 0) is 38.2 Å². The summed E-state index contributed by atoms with van der Waals surface area (Å²) in [5.41, 5.74) is 1.74. The molecule has 1 aromatic rings. The average molecular weight is 314 g/mol. The van der Waals surface area contributed by atoms with Crippen LogP contribution in [0.2, 0.25) is 0 Å². The zero-order valence-corrected chi connectivity index (χ0v) is 12.9. The molecule has 0 saturated carbocycles. The van der Waals surface area contributed by atoms with Gasteiger partial charge >= 0.3 is 10.2 Å². The molecular formula is C14H19FN2O3S. The number of hydrogen-bond donors (Lipinski definition) is 0. The number of carbonyl (C=O) groups is 1. The van der Waals surface area contributed by atoms with Crippen molar-refractivity contribution in [3.63, 3.8) is 0 Å². The minimum absolute atomic E-state index is 0.116. The molecule has 2 rings (SSSR count). The van der Waals surface area contributed by atoms with Gasteiger partial charge in [0.15, 0.2) is 0 Å². The Hall–Kier alpha value is -1.47. The molecule has 0 spiro atoms. The maximum Gasteiger partial charge on any atom is 0.307 e. The molecular weight excluding hydrogens is 295 g/mol. The van der Waals surface area contributed by atoms with Gasteiger partial charge in [0.25, 0.3) is 0 Å². The highest BCUT2D eigenvalue weighted by Gasteiger charge is 2.38. The van der Waals surface area contributed by atoms with Crippen LogP contribution in [-0.2, 0) is 21.4 Å². The van der Waals surface area contributed by atoms with Crippen LogP contribution in [0.1, 0.15) is 12.0 Å². The van der Waals surface area contributed by atoms with Crippen LogP contribution in [0.25, 0.3) is 0 Å². The zero-order valence-electron chi connectivity index (χ0n) is 12.1. The van der Waals surface area contributed by atoms with Crippen LogP contribution in [-0.4, -0.2) is 51.7 Å². The van der Waals surface area contributed by atoms with Crippen LogP contribution in [0, 0.1) is 0 Å². The molecule has 1 aliphatic rings. The Morgan fingerprint density at radius 2 is 1.90 bits per heavy atom. The van der Waals surface area contributed by atoms with Gasteiger partial charge in [0.1, 0.15) is 5.25 Å². The topological polar surface area (TPSA) is 57.7 Å². The summed E-state index contributed by atoms with van der Waals surface area (Å²) in [6, 6.07) is 7.36. The number of benzene rings is 1. The summed E-state index contributed by atoms with van der Waals surface area (Å²) in [6.07, 6.45) is 0.601. The lowest BCUT2D eigenvalue weighted by molar-refractivity contribution is -0.117. The second-order valence-corrected chi connectivity index (χ2v) is 7.14. The van der Waals surface area contributed by atoms with E-state index in [0.29, 0.717) is 5.69 Å². The molecule has 1 saturated heterocycles. The number of hydrogen-bond acceptors (Lipinski definition) is 4. The molecule has 1 atom stereocenters. The summed E-state index contributed by atoms with van der Waals surface area (Å²) in [4.78, 5) is 15.2. The fourth-order valence-electron chi connectivity index (χ4n) is 2.31. The van der Waals surface area contributed by atoms with Gasteiger partial charge < -0.3 is 9.80 Å². The molecule has 1 fully saturated rings. The molecule has 116 valence electrons. The Morgan fingerprint density at radius 1 is 1.29 bits per heavy atom. The number of anilines is 1. The molecule has 5 nitrogen and oxygen atoms in total. The molecule has 0 aliphatic carbocycles. The highest BCUT2D eigenvalue weighted by Crippen LogP contribution is 2.26. The van der Waals surface area contributed by atoms with E-state index in [-0.39, 0.29) is 18.9 Å². The molecule has 0 aromatic heterocycles. The van der Waals surface area contributed by atoms with Gasteiger partial charge in [0.2, 0.25) is 5.91 Å². The molecule has 7 heteroatoms. The predicted octanol–water partition coefficient (Wildman–Crippen LogP) is 1.20. The normalized spacial score (nSPS) is 19.5. The van der Waals surface area contributed by atoms with Crippen molar-refractivity contribution in [3.05, 3.63) is 29.8 Å². The lowest BCUT2D eigenvalue weighted by Gasteiger charge is -2.17. The Labute approximate surface area is 124 Å². The Balaban J connectivity index is 2.07. The highest BCUT2D eigenvalue weighted by molar-refractivity contribution is 7.87. The van der Waals surface area contributed by atoms with Gasteiger partial charge in [0.05, 0.1) is 0 Å². The summed E-state index contributed by atoms with van der Waals surface area (Å²) in [7, 11) is -0.681. The molecule has 0 N–H and O–H groups in total. The Bertz CT molecular complexity index is 614. The molecule has 0 bridgehead atoms. The largest absolute Gasteiger partial charge is 0.311 e.